The first-order valence-corrected chi connectivity index (χ1v) is 14.2. The van der Waals surface area contributed by atoms with Crippen molar-refractivity contribution in [3.8, 4) is 0 Å². The number of alkyl carbamates (subject to hydrolysis) is 1. The average Bonchev–Trinajstić information content (AvgIpc) is 2.77. The van der Waals surface area contributed by atoms with Gasteiger partial charge in [0.25, 0.3) is 0 Å². The van der Waals surface area contributed by atoms with Gasteiger partial charge in [-0.3, -0.25) is 4.79 Å². The average molecular weight is 528 g/mol. The lowest BCUT2D eigenvalue weighted by molar-refractivity contribution is -0.725. The summed E-state index contributed by atoms with van der Waals surface area (Å²) in [5.74, 6) is -1.97. The molecule has 0 radical (unpaired) electrons. The molecule has 2 saturated carbocycles. The number of amides is 1. The second-order valence-corrected chi connectivity index (χ2v) is 12.6. The molecule has 2 aliphatic rings. The van der Waals surface area contributed by atoms with Crippen molar-refractivity contribution in [2.75, 3.05) is 0 Å². The normalized spacial score (nSPS) is 19.1. The smallest absolute Gasteiger partial charge is 0.408 e. The quantitative estimate of drug-likeness (QED) is 0.391. The molecule has 0 bridgehead atoms. The predicted molar refractivity (Wildman–Crippen MR) is 142 cm³/mol. The van der Waals surface area contributed by atoms with E-state index >= 15 is 0 Å². The fourth-order valence-corrected chi connectivity index (χ4v) is 4.77. The molecule has 0 aliphatic heterocycles. The number of carbonyl (C=O) groups excluding carboxylic acids is 3. The molecule has 5 N–H and O–H groups in total. The molecule has 0 saturated heterocycles. The Labute approximate surface area is 224 Å². The molecular formula is C28H53N3O6. The van der Waals surface area contributed by atoms with E-state index < -0.39 is 41.3 Å². The zero-order valence-corrected chi connectivity index (χ0v) is 24.1. The summed E-state index contributed by atoms with van der Waals surface area (Å²) in [4.78, 5) is 34.4. The van der Waals surface area contributed by atoms with E-state index in [0.717, 1.165) is 12.1 Å². The maximum atomic E-state index is 11.7. The number of ether oxygens (including phenoxy) is 2. The SMILES string of the molecule is C1CCC([NH2+]C2CCCCC2)CC1.CC(C)(C)OC(=O)N[C@@H](CCCC(N)C(=O)OC(C)(C)C)C(=O)[O-]. The Kier molecular flexibility index (Phi) is 14.5. The van der Waals surface area contributed by atoms with Crippen LogP contribution >= 0.6 is 0 Å². The van der Waals surface area contributed by atoms with Crippen LogP contribution < -0.4 is 21.5 Å². The third-order valence-electron chi connectivity index (χ3n) is 6.54. The number of hydrogen-bond acceptors (Lipinski definition) is 7. The van der Waals surface area contributed by atoms with Gasteiger partial charge in [-0.15, -0.1) is 0 Å². The molecule has 2 aliphatic carbocycles. The van der Waals surface area contributed by atoms with Crippen LogP contribution in [0.15, 0.2) is 0 Å². The molecule has 2 atom stereocenters. The van der Waals surface area contributed by atoms with Gasteiger partial charge < -0.3 is 35.7 Å². The van der Waals surface area contributed by atoms with Crippen LogP contribution in [0.1, 0.15) is 125 Å². The van der Waals surface area contributed by atoms with Crippen LogP contribution in [0, 0.1) is 0 Å². The maximum absolute atomic E-state index is 11.7. The fourth-order valence-electron chi connectivity index (χ4n) is 4.77. The van der Waals surface area contributed by atoms with E-state index in [4.69, 9.17) is 15.2 Å². The van der Waals surface area contributed by atoms with Crippen LogP contribution in [0.4, 0.5) is 4.79 Å². The standard InChI is InChI=1S/C16H30N2O6.C12H23N/c1-15(2,3)23-13(21)10(17)8-7-9-11(12(19)20)18-14(22)24-16(4,5)6;1-3-7-11(8-4-1)13-12-9-5-2-6-10-12/h10-11H,7-9,17H2,1-6H3,(H,18,22)(H,19,20);11-13H,1-10H2/t10?,11-;/m0./s1. The van der Waals surface area contributed by atoms with E-state index in [-0.39, 0.29) is 12.8 Å². The molecule has 37 heavy (non-hydrogen) atoms. The summed E-state index contributed by atoms with van der Waals surface area (Å²) in [6, 6.07) is -0.0763. The van der Waals surface area contributed by atoms with Crippen LogP contribution in [0.2, 0.25) is 0 Å². The Balaban J connectivity index is 0.000000435. The van der Waals surface area contributed by atoms with Crippen molar-refractivity contribution < 1.29 is 34.3 Å². The number of nitrogens with two attached hydrogens (primary N) is 2. The van der Waals surface area contributed by atoms with Crippen molar-refractivity contribution in [1.82, 2.24) is 5.32 Å². The minimum atomic E-state index is -1.42. The van der Waals surface area contributed by atoms with Gasteiger partial charge in [0.1, 0.15) is 17.2 Å². The molecule has 9 nitrogen and oxygen atoms in total. The number of carbonyl (C=O) groups is 3. The molecule has 0 aromatic heterocycles. The van der Waals surface area contributed by atoms with Gasteiger partial charge >= 0.3 is 12.1 Å². The van der Waals surface area contributed by atoms with E-state index in [9.17, 15) is 19.5 Å². The monoisotopic (exact) mass is 527 g/mol. The molecule has 0 spiro atoms. The van der Waals surface area contributed by atoms with E-state index in [0.29, 0.717) is 6.42 Å². The molecule has 2 rings (SSSR count). The van der Waals surface area contributed by atoms with E-state index in [1.807, 2.05) is 0 Å². The predicted octanol–water partition coefficient (Wildman–Crippen LogP) is 2.68. The van der Waals surface area contributed by atoms with Crippen LogP contribution in [0.25, 0.3) is 0 Å². The Hall–Kier alpha value is -1.87. The Morgan fingerprint density at radius 3 is 1.70 bits per heavy atom. The minimum Gasteiger partial charge on any atom is -0.548 e. The highest BCUT2D eigenvalue weighted by Crippen LogP contribution is 2.18. The summed E-state index contributed by atoms with van der Waals surface area (Å²) in [5.41, 5.74) is 4.35. The van der Waals surface area contributed by atoms with Crippen LogP contribution in [-0.2, 0) is 19.1 Å². The van der Waals surface area contributed by atoms with Gasteiger partial charge in [0.15, 0.2) is 0 Å². The summed E-state index contributed by atoms with van der Waals surface area (Å²) in [6.07, 6.45) is 14.7. The fraction of sp³-hybridized carbons (Fsp3) is 0.893. The second-order valence-electron chi connectivity index (χ2n) is 12.6. The number of carboxylic acids is 1. The molecule has 1 unspecified atom stereocenters. The van der Waals surface area contributed by atoms with Crippen molar-refractivity contribution >= 4 is 18.0 Å². The number of rotatable bonds is 9. The summed E-state index contributed by atoms with van der Waals surface area (Å²) < 4.78 is 10.1. The van der Waals surface area contributed by atoms with Crippen LogP contribution in [-0.4, -0.2) is 53.4 Å². The number of esters is 1. The summed E-state index contributed by atoms with van der Waals surface area (Å²) in [5, 5.41) is 16.0. The molecule has 9 heteroatoms. The zero-order chi connectivity index (χ0) is 28.1. The number of carboxylic acid groups (broad SMARTS) is 1. The number of quaternary nitrogens is 1. The number of aliphatic carboxylic acids is 1. The van der Waals surface area contributed by atoms with Crippen molar-refractivity contribution in [2.24, 2.45) is 5.73 Å². The highest BCUT2D eigenvalue weighted by molar-refractivity contribution is 5.78. The second kappa shape index (κ2) is 16.2. The molecule has 0 heterocycles. The van der Waals surface area contributed by atoms with Gasteiger partial charge in [-0.25, -0.2) is 4.79 Å². The Morgan fingerprint density at radius 1 is 0.838 bits per heavy atom. The summed E-state index contributed by atoms with van der Waals surface area (Å²) >= 11 is 0. The summed E-state index contributed by atoms with van der Waals surface area (Å²) in [6.45, 7) is 10.2. The van der Waals surface area contributed by atoms with Gasteiger partial charge in [0, 0.05) is 0 Å². The van der Waals surface area contributed by atoms with Gasteiger partial charge in [0.2, 0.25) is 0 Å². The van der Waals surface area contributed by atoms with E-state index in [1.54, 1.807) is 41.5 Å². The zero-order valence-electron chi connectivity index (χ0n) is 24.1. The molecule has 216 valence electrons. The van der Waals surface area contributed by atoms with Crippen molar-refractivity contribution in [3.63, 3.8) is 0 Å². The third-order valence-corrected chi connectivity index (χ3v) is 6.54. The first-order chi connectivity index (χ1) is 17.2. The summed E-state index contributed by atoms with van der Waals surface area (Å²) in [7, 11) is 0. The Morgan fingerprint density at radius 2 is 1.30 bits per heavy atom. The van der Waals surface area contributed by atoms with Crippen molar-refractivity contribution in [1.29, 1.82) is 0 Å². The first kappa shape index (κ1) is 33.2. The van der Waals surface area contributed by atoms with Crippen molar-refractivity contribution in [2.45, 2.75) is 160 Å². The van der Waals surface area contributed by atoms with Crippen LogP contribution in [0.3, 0.4) is 0 Å². The van der Waals surface area contributed by atoms with Crippen LogP contribution in [0.5, 0.6) is 0 Å². The van der Waals surface area contributed by atoms with Crippen molar-refractivity contribution in [3.05, 3.63) is 0 Å². The third kappa shape index (κ3) is 16.6. The molecule has 0 aromatic rings. The maximum Gasteiger partial charge on any atom is 0.408 e. The van der Waals surface area contributed by atoms with E-state index in [2.05, 4.69) is 10.6 Å². The highest BCUT2D eigenvalue weighted by Gasteiger charge is 2.24. The van der Waals surface area contributed by atoms with Gasteiger partial charge in [-0.2, -0.15) is 0 Å². The molecule has 2 fully saturated rings. The highest BCUT2D eigenvalue weighted by atomic mass is 16.6. The van der Waals surface area contributed by atoms with E-state index in [1.165, 1.54) is 64.2 Å². The Bertz CT molecular complexity index is 673. The van der Waals surface area contributed by atoms with Gasteiger partial charge in [-0.1, -0.05) is 12.8 Å². The first-order valence-electron chi connectivity index (χ1n) is 14.2. The molecule has 0 aromatic carbocycles. The lowest BCUT2D eigenvalue weighted by atomic mass is 9.91. The molecule has 1 amide bonds. The van der Waals surface area contributed by atoms with Gasteiger partial charge in [0.05, 0.1) is 24.1 Å². The topological polar surface area (TPSA) is 147 Å². The largest absolute Gasteiger partial charge is 0.548 e. The van der Waals surface area contributed by atoms with Gasteiger partial charge in [-0.05, 0) is 112 Å². The lowest BCUT2D eigenvalue weighted by Crippen LogP contribution is -2.95. The minimum absolute atomic E-state index is 0.0675. The number of hydrogen-bond donors (Lipinski definition) is 3. The molecular weight excluding hydrogens is 474 g/mol. The lowest BCUT2D eigenvalue weighted by Gasteiger charge is -2.27. The number of nitrogens with one attached hydrogen (secondary N) is 1.